The summed E-state index contributed by atoms with van der Waals surface area (Å²) in [6.07, 6.45) is 2.33. The monoisotopic (exact) mass is 321 g/mol. The zero-order valence-electron chi connectivity index (χ0n) is 13.7. The van der Waals surface area contributed by atoms with E-state index in [1.165, 1.54) is 12.3 Å². The average Bonchev–Trinajstić information content (AvgIpc) is 2.69. The summed E-state index contributed by atoms with van der Waals surface area (Å²) in [6, 6.07) is 3.37. The minimum atomic E-state index is -0.310. The van der Waals surface area contributed by atoms with Crippen molar-refractivity contribution in [3.05, 3.63) is 29.8 Å². The van der Waals surface area contributed by atoms with Crippen molar-refractivity contribution >= 4 is 5.91 Å². The highest BCUT2D eigenvalue weighted by Crippen LogP contribution is 2.25. The van der Waals surface area contributed by atoms with Crippen LogP contribution in [0.3, 0.4) is 0 Å². The molecule has 3 rings (SSSR count). The van der Waals surface area contributed by atoms with Crippen molar-refractivity contribution in [2.45, 2.75) is 39.0 Å². The second-order valence-electron chi connectivity index (χ2n) is 6.74. The molecule has 6 heteroatoms. The second kappa shape index (κ2) is 6.93. The summed E-state index contributed by atoms with van der Waals surface area (Å²) in [5, 5.41) is 0. The molecule has 0 aliphatic carbocycles. The Labute approximate surface area is 136 Å². The Kier molecular flexibility index (Phi) is 4.92. The van der Waals surface area contributed by atoms with Crippen LogP contribution in [-0.2, 0) is 16.1 Å². The molecule has 0 radical (unpaired) electrons. The number of hydrogen-bond donors (Lipinski definition) is 0. The molecule has 2 fully saturated rings. The van der Waals surface area contributed by atoms with Crippen molar-refractivity contribution in [1.82, 2.24) is 14.8 Å². The highest BCUT2D eigenvalue weighted by molar-refractivity contribution is 5.78. The number of carbonyl (C=O) groups excluding carboxylic acids is 1. The fourth-order valence-electron chi connectivity index (χ4n) is 3.47. The van der Waals surface area contributed by atoms with Crippen LogP contribution in [0.15, 0.2) is 18.3 Å². The Morgan fingerprint density at radius 2 is 2.22 bits per heavy atom. The number of rotatable bonds is 3. The molecule has 0 N–H and O–H groups in total. The van der Waals surface area contributed by atoms with E-state index in [1.807, 2.05) is 18.7 Å². The molecule has 1 aromatic heterocycles. The number of amides is 1. The van der Waals surface area contributed by atoms with Gasteiger partial charge in [-0.05, 0) is 32.4 Å². The summed E-state index contributed by atoms with van der Waals surface area (Å²) < 4.78 is 18.8. The van der Waals surface area contributed by atoms with Gasteiger partial charge in [-0.15, -0.1) is 0 Å². The van der Waals surface area contributed by atoms with Gasteiger partial charge in [-0.1, -0.05) is 0 Å². The molecule has 0 saturated carbocycles. The van der Waals surface area contributed by atoms with Crippen LogP contribution in [0.1, 0.15) is 26.0 Å². The van der Waals surface area contributed by atoms with Crippen molar-refractivity contribution in [2.24, 2.45) is 5.92 Å². The molecule has 2 saturated heterocycles. The minimum Gasteiger partial charge on any atom is -0.368 e. The maximum Gasteiger partial charge on any atom is 0.248 e. The quantitative estimate of drug-likeness (QED) is 0.850. The number of nitrogens with zero attached hydrogens (tertiary/aromatic N) is 3. The van der Waals surface area contributed by atoms with E-state index in [1.54, 1.807) is 6.07 Å². The first-order chi connectivity index (χ1) is 11.0. The zero-order chi connectivity index (χ0) is 16.4. The smallest absolute Gasteiger partial charge is 0.248 e. The van der Waals surface area contributed by atoms with Crippen molar-refractivity contribution in [3.8, 4) is 0 Å². The maximum absolute atomic E-state index is 13.0. The molecule has 3 heterocycles. The van der Waals surface area contributed by atoms with Gasteiger partial charge in [0, 0.05) is 38.1 Å². The fourth-order valence-corrected chi connectivity index (χ4v) is 3.47. The van der Waals surface area contributed by atoms with Gasteiger partial charge in [0.15, 0.2) is 0 Å². The zero-order valence-corrected chi connectivity index (χ0v) is 13.7. The molecule has 0 spiro atoms. The first kappa shape index (κ1) is 16.3. The molecule has 5 nitrogen and oxygen atoms in total. The van der Waals surface area contributed by atoms with Crippen LogP contribution in [-0.4, -0.2) is 59.1 Å². The first-order valence-electron chi connectivity index (χ1n) is 8.27. The second-order valence-corrected chi connectivity index (χ2v) is 6.74. The lowest BCUT2D eigenvalue weighted by Crippen LogP contribution is -2.48. The molecule has 0 unspecified atom stereocenters. The van der Waals surface area contributed by atoms with Crippen LogP contribution in [0.25, 0.3) is 0 Å². The average molecular weight is 321 g/mol. The van der Waals surface area contributed by atoms with Crippen molar-refractivity contribution in [2.75, 3.05) is 26.2 Å². The van der Waals surface area contributed by atoms with E-state index in [-0.39, 0.29) is 30.5 Å². The van der Waals surface area contributed by atoms with Crippen LogP contribution in [0.5, 0.6) is 0 Å². The standard InChI is InChI=1S/C17H24FN3O2/c1-12(2)21-9-13-8-20(6-5-16(13)23-11-17(21)22)10-15-4-3-14(18)7-19-15/h3-4,7,12-13,16H,5-6,8-11H2,1-2H3/t13-,16+/m1/s1. The molecule has 0 bridgehead atoms. The summed E-state index contributed by atoms with van der Waals surface area (Å²) >= 11 is 0. The van der Waals surface area contributed by atoms with Gasteiger partial charge in [0.1, 0.15) is 12.4 Å². The van der Waals surface area contributed by atoms with Gasteiger partial charge in [-0.2, -0.15) is 0 Å². The molecule has 2 atom stereocenters. The van der Waals surface area contributed by atoms with Crippen LogP contribution < -0.4 is 0 Å². The number of fused-ring (bicyclic) bond motifs is 1. The largest absolute Gasteiger partial charge is 0.368 e. The highest BCUT2D eigenvalue weighted by atomic mass is 19.1. The molecular weight excluding hydrogens is 297 g/mol. The normalized spacial score (nSPS) is 26.3. The lowest BCUT2D eigenvalue weighted by Gasteiger charge is -2.38. The van der Waals surface area contributed by atoms with Gasteiger partial charge in [0.2, 0.25) is 5.91 Å². The molecule has 23 heavy (non-hydrogen) atoms. The minimum absolute atomic E-state index is 0.0844. The SMILES string of the molecule is CC(C)N1C[C@H]2CN(Cc3ccc(F)cn3)CC[C@@H]2OCC1=O. The van der Waals surface area contributed by atoms with Crippen molar-refractivity contribution in [3.63, 3.8) is 0 Å². The highest BCUT2D eigenvalue weighted by Gasteiger charge is 2.36. The van der Waals surface area contributed by atoms with Gasteiger partial charge in [-0.25, -0.2) is 4.39 Å². The van der Waals surface area contributed by atoms with Crippen LogP contribution in [0, 0.1) is 11.7 Å². The van der Waals surface area contributed by atoms with Gasteiger partial charge >= 0.3 is 0 Å². The molecular formula is C17H24FN3O2. The van der Waals surface area contributed by atoms with Crippen LogP contribution >= 0.6 is 0 Å². The Bertz CT molecular complexity index is 549. The van der Waals surface area contributed by atoms with Gasteiger partial charge in [-0.3, -0.25) is 14.7 Å². The van der Waals surface area contributed by atoms with E-state index in [4.69, 9.17) is 4.74 Å². The summed E-state index contributed by atoms with van der Waals surface area (Å²) in [5.41, 5.74) is 0.871. The maximum atomic E-state index is 13.0. The topological polar surface area (TPSA) is 45.7 Å². The number of hydrogen-bond acceptors (Lipinski definition) is 4. The van der Waals surface area contributed by atoms with Gasteiger partial charge in [0.05, 0.1) is 18.0 Å². The van der Waals surface area contributed by atoms with Crippen molar-refractivity contribution in [1.29, 1.82) is 0 Å². The van der Waals surface area contributed by atoms with Crippen molar-refractivity contribution < 1.29 is 13.9 Å². The number of pyridine rings is 1. The Balaban J connectivity index is 1.65. The number of likely N-dealkylation sites (tertiary alicyclic amines) is 1. The van der Waals surface area contributed by atoms with E-state index < -0.39 is 0 Å². The lowest BCUT2D eigenvalue weighted by molar-refractivity contribution is -0.136. The van der Waals surface area contributed by atoms with Crippen LogP contribution in [0.4, 0.5) is 4.39 Å². The van der Waals surface area contributed by atoms with E-state index in [2.05, 4.69) is 9.88 Å². The Morgan fingerprint density at radius 1 is 1.39 bits per heavy atom. The number of piperidine rings is 1. The van der Waals surface area contributed by atoms with E-state index >= 15 is 0 Å². The summed E-state index contributed by atoms with van der Waals surface area (Å²) in [5.74, 6) is 0.0925. The number of aromatic nitrogens is 1. The third kappa shape index (κ3) is 3.87. The number of ether oxygens (including phenoxy) is 1. The predicted octanol–water partition coefficient (Wildman–Crippen LogP) is 1.68. The lowest BCUT2D eigenvalue weighted by atomic mass is 9.93. The summed E-state index contributed by atoms with van der Waals surface area (Å²) in [4.78, 5) is 20.5. The Morgan fingerprint density at radius 3 is 2.91 bits per heavy atom. The number of halogens is 1. The molecule has 2 aliphatic rings. The molecule has 2 aliphatic heterocycles. The predicted molar refractivity (Wildman–Crippen MR) is 84.2 cm³/mol. The van der Waals surface area contributed by atoms with E-state index in [9.17, 15) is 9.18 Å². The third-order valence-corrected chi connectivity index (χ3v) is 4.72. The van der Waals surface area contributed by atoms with E-state index in [0.29, 0.717) is 12.5 Å². The van der Waals surface area contributed by atoms with Gasteiger partial charge < -0.3 is 9.64 Å². The third-order valence-electron chi connectivity index (χ3n) is 4.72. The molecule has 1 amide bonds. The summed E-state index contributed by atoms with van der Waals surface area (Å²) in [6.45, 7) is 7.52. The Hall–Kier alpha value is -1.53. The first-order valence-corrected chi connectivity index (χ1v) is 8.27. The van der Waals surface area contributed by atoms with E-state index in [0.717, 1.165) is 31.7 Å². The molecule has 0 aromatic carbocycles. The molecule has 1 aromatic rings. The number of carbonyl (C=O) groups is 1. The summed E-state index contributed by atoms with van der Waals surface area (Å²) in [7, 11) is 0. The fraction of sp³-hybridized carbons (Fsp3) is 0.647. The van der Waals surface area contributed by atoms with Gasteiger partial charge in [0.25, 0.3) is 0 Å². The molecule has 126 valence electrons. The van der Waals surface area contributed by atoms with Crippen LogP contribution in [0.2, 0.25) is 0 Å².